The fraction of sp³-hybridized carbons (Fsp3) is 0.385. The molecule has 0 aromatic heterocycles. The van der Waals surface area contributed by atoms with E-state index in [4.69, 9.17) is 10.9 Å². The summed E-state index contributed by atoms with van der Waals surface area (Å²) in [6, 6.07) is 1.52. The molecule has 1 amide bonds. The molecule has 1 aromatic carbocycles. The minimum Gasteiger partial charge on any atom is -0.409 e. The Kier molecular flexibility index (Phi) is 5.01. The summed E-state index contributed by atoms with van der Waals surface area (Å²) in [5.74, 6) is -2.48. The van der Waals surface area contributed by atoms with Gasteiger partial charge in [-0.05, 0) is 32.4 Å². The molecule has 0 atom stereocenters. The molecule has 0 saturated heterocycles. The number of hydrogen-bond acceptors (Lipinski definition) is 3. The van der Waals surface area contributed by atoms with Crippen molar-refractivity contribution >= 4 is 11.7 Å². The van der Waals surface area contributed by atoms with Crippen molar-refractivity contribution in [3.05, 3.63) is 34.9 Å². The minimum atomic E-state index is -0.941. The highest BCUT2D eigenvalue weighted by atomic mass is 19.1. The molecule has 0 heterocycles. The maximum Gasteiger partial charge on any atom is 0.257 e. The summed E-state index contributed by atoms with van der Waals surface area (Å²) in [6.07, 6.45) is 0. The van der Waals surface area contributed by atoms with Crippen molar-refractivity contribution in [3.63, 3.8) is 0 Å². The molecule has 1 aromatic rings. The highest BCUT2D eigenvalue weighted by Crippen LogP contribution is 2.17. The fourth-order valence-electron chi connectivity index (χ4n) is 1.67. The monoisotopic (exact) mass is 285 g/mol. The van der Waals surface area contributed by atoms with Crippen LogP contribution in [0, 0.1) is 18.6 Å². The van der Waals surface area contributed by atoms with Gasteiger partial charge in [0, 0.05) is 12.1 Å². The summed E-state index contributed by atoms with van der Waals surface area (Å²) in [6.45, 7) is 4.70. The molecule has 20 heavy (non-hydrogen) atoms. The fourth-order valence-corrected chi connectivity index (χ4v) is 1.67. The van der Waals surface area contributed by atoms with E-state index in [1.165, 1.54) is 11.8 Å². The van der Waals surface area contributed by atoms with Crippen LogP contribution in [0.4, 0.5) is 8.78 Å². The van der Waals surface area contributed by atoms with Gasteiger partial charge < -0.3 is 15.8 Å². The Bertz CT molecular complexity index is 545. The van der Waals surface area contributed by atoms with Crippen LogP contribution in [0.1, 0.15) is 29.8 Å². The molecule has 1 rings (SSSR count). The summed E-state index contributed by atoms with van der Waals surface area (Å²) in [7, 11) is 0. The summed E-state index contributed by atoms with van der Waals surface area (Å²) in [4.78, 5) is 13.5. The molecule has 5 nitrogen and oxygen atoms in total. The number of hydrogen-bond donors (Lipinski definition) is 2. The van der Waals surface area contributed by atoms with Gasteiger partial charge in [-0.3, -0.25) is 4.79 Å². The molecule has 0 radical (unpaired) electrons. The lowest BCUT2D eigenvalue weighted by Crippen LogP contribution is -2.43. The van der Waals surface area contributed by atoms with Gasteiger partial charge in [-0.25, -0.2) is 8.78 Å². The molecular formula is C13H17F2N3O2. The predicted molar refractivity (Wildman–Crippen MR) is 70.7 cm³/mol. The lowest BCUT2D eigenvalue weighted by molar-refractivity contribution is 0.0729. The van der Waals surface area contributed by atoms with Gasteiger partial charge in [0.1, 0.15) is 11.6 Å². The Labute approximate surface area is 115 Å². The SMILES string of the molecule is Cc1cc(C(=O)N(C/C(N)=N/O)C(C)C)c(F)cc1F. The van der Waals surface area contributed by atoms with Gasteiger partial charge in [-0.15, -0.1) is 0 Å². The number of nitrogens with zero attached hydrogens (tertiary/aromatic N) is 2. The second-order valence-corrected chi connectivity index (χ2v) is 4.70. The Hall–Kier alpha value is -2.18. The molecule has 0 spiro atoms. The van der Waals surface area contributed by atoms with Crippen molar-refractivity contribution in [1.82, 2.24) is 4.90 Å². The van der Waals surface area contributed by atoms with Crippen LogP contribution in [-0.4, -0.2) is 34.4 Å². The zero-order chi connectivity index (χ0) is 15.4. The Balaban J connectivity index is 3.16. The molecule has 3 N–H and O–H groups in total. The van der Waals surface area contributed by atoms with Crippen LogP contribution < -0.4 is 5.73 Å². The molecule has 110 valence electrons. The van der Waals surface area contributed by atoms with Crippen LogP contribution in [0.15, 0.2) is 17.3 Å². The average Bonchev–Trinajstić information content (AvgIpc) is 2.38. The maximum atomic E-state index is 13.7. The second-order valence-electron chi connectivity index (χ2n) is 4.70. The third-order valence-corrected chi connectivity index (χ3v) is 2.82. The van der Waals surface area contributed by atoms with Gasteiger partial charge in [0.05, 0.1) is 12.1 Å². The first-order valence-corrected chi connectivity index (χ1v) is 6.01. The van der Waals surface area contributed by atoms with Gasteiger partial charge in [0.2, 0.25) is 0 Å². The van der Waals surface area contributed by atoms with E-state index in [1.807, 2.05) is 0 Å². The number of nitrogens with two attached hydrogens (primary N) is 1. The van der Waals surface area contributed by atoms with E-state index in [0.29, 0.717) is 6.07 Å². The van der Waals surface area contributed by atoms with Gasteiger partial charge in [-0.1, -0.05) is 5.16 Å². The Morgan fingerprint density at radius 1 is 1.40 bits per heavy atom. The number of aryl methyl sites for hydroxylation is 1. The summed E-state index contributed by atoms with van der Waals surface area (Å²) in [5, 5.41) is 11.3. The standard InChI is InChI=1S/C13H17F2N3O2/c1-7(2)18(6-12(16)17-20)13(19)9-4-8(3)10(14)5-11(9)15/h4-5,7,20H,6H2,1-3H3,(H2,16,17). The Morgan fingerprint density at radius 2 is 2.00 bits per heavy atom. The minimum absolute atomic E-state index is 0.150. The first-order chi connectivity index (χ1) is 9.27. The number of rotatable bonds is 4. The van der Waals surface area contributed by atoms with Gasteiger partial charge >= 0.3 is 0 Å². The molecule has 0 saturated carbocycles. The Morgan fingerprint density at radius 3 is 2.50 bits per heavy atom. The van der Waals surface area contributed by atoms with Crippen LogP contribution in [0.25, 0.3) is 0 Å². The molecule has 0 aliphatic carbocycles. The molecule has 0 aliphatic heterocycles. The van der Waals surface area contributed by atoms with Gasteiger partial charge in [0.25, 0.3) is 5.91 Å². The number of oxime groups is 1. The van der Waals surface area contributed by atoms with Crippen molar-refractivity contribution in [3.8, 4) is 0 Å². The number of carbonyl (C=O) groups is 1. The van der Waals surface area contributed by atoms with E-state index < -0.39 is 17.5 Å². The lowest BCUT2D eigenvalue weighted by Gasteiger charge is -2.26. The first kappa shape index (κ1) is 15.9. The highest BCUT2D eigenvalue weighted by molar-refractivity contribution is 5.97. The topological polar surface area (TPSA) is 78.9 Å². The zero-order valence-electron chi connectivity index (χ0n) is 11.5. The molecule has 0 aliphatic rings. The van der Waals surface area contributed by atoms with E-state index in [0.717, 1.165) is 6.07 Å². The second kappa shape index (κ2) is 6.31. The van der Waals surface area contributed by atoms with Crippen molar-refractivity contribution in [1.29, 1.82) is 0 Å². The summed E-state index contributed by atoms with van der Waals surface area (Å²) < 4.78 is 26.9. The van der Waals surface area contributed by atoms with Crippen LogP contribution in [0.2, 0.25) is 0 Å². The van der Waals surface area contributed by atoms with E-state index in [1.54, 1.807) is 13.8 Å². The third kappa shape index (κ3) is 3.43. The number of benzene rings is 1. The largest absolute Gasteiger partial charge is 0.409 e. The quantitative estimate of drug-likeness (QED) is 0.383. The molecule has 0 bridgehead atoms. The number of amides is 1. The molecular weight excluding hydrogens is 268 g/mol. The number of amidine groups is 1. The first-order valence-electron chi connectivity index (χ1n) is 6.01. The van der Waals surface area contributed by atoms with Crippen LogP contribution in [0.3, 0.4) is 0 Å². The summed E-state index contributed by atoms with van der Waals surface area (Å²) >= 11 is 0. The van der Waals surface area contributed by atoms with E-state index >= 15 is 0 Å². The normalized spacial score (nSPS) is 11.8. The van der Waals surface area contributed by atoms with Gasteiger partial charge in [0.15, 0.2) is 5.84 Å². The number of halogens is 2. The molecule has 0 fully saturated rings. The molecule has 7 heteroatoms. The molecule has 0 unspecified atom stereocenters. The predicted octanol–water partition coefficient (Wildman–Crippen LogP) is 1.87. The third-order valence-electron chi connectivity index (χ3n) is 2.82. The van der Waals surface area contributed by atoms with E-state index in [2.05, 4.69) is 5.16 Å². The van der Waals surface area contributed by atoms with Crippen LogP contribution in [0.5, 0.6) is 0 Å². The zero-order valence-corrected chi connectivity index (χ0v) is 11.5. The van der Waals surface area contributed by atoms with E-state index in [-0.39, 0.29) is 29.5 Å². The van der Waals surface area contributed by atoms with Crippen LogP contribution in [-0.2, 0) is 0 Å². The summed E-state index contributed by atoms with van der Waals surface area (Å²) in [5.41, 5.74) is 5.29. The van der Waals surface area contributed by atoms with Crippen LogP contribution >= 0.6 is 0 Å². The van der Waals surface area contributed by atoms with E-state index in [9.17, 15) is 13.6 Å². The maximum absolute atomic E-state index is 13.7. The van der Waals surface area contributed by atoms with Gasteiger partial charge in [-0.2, -0.15) is 0 Å². The number of carbonyl (C=O) groups excluding carboxylic acids is 1. The van der Waals surface area contributed by atoms with Crippen molar-refractivity contribution in [2.75, 3.05) is 6.54 Å². The lowest BCUT2D eigenvalue weighted by atomic mass is 10.1. The average molecular weight is 285 g/mol. The van der Waals surface area contributed by atoms with Crippen molar-refractivity contribution in [2.24, 2.45) is 10.9 Å². The van der Waals surface area contributed by atoms with Crippen molar-refractivity contribution in [2.45, 2.75) is 26.8 Å². The highest BCUT2D eigenvalue weighted by Gasteiger charge is 2.23. The van der Waals surface area contributed by atoms with Crippen molar-refractivity contribution < 1.29 is 18.8 Å². The smallest absolute Gasteiger partial charge is 0.257 e.